The number of carbonyl (C=O) groups is 1. The van der Waals surface area contributed by atoms with Crippen molar-refractivity contribution in [1.29, 1.82) is 0 Å². The van der Waals surface area contributed by atoms with E-state index in [0.29, 0.717) is 0 Å². The van der Waals surface area contributed by atoms with E-state index in [2.05, 4.69) is 26.0 Å². The van der Waals surface area contributed by atoms with Crippen LogP contribution in [0.15, 0.2) is 76.1 Å². The maximum atomic E-state index is 13.9. The summed E-state index contributed by atoms with van der Waals surface area (Å²) in [7, 11) is -3.81. The number of anilines is 2. The molecule has 28 heavy (non-hydrogen) atoms. The topological polar surface area (TPSA) is 75.3 Å². The number of rotatable bonds is 5. The molecule has 144 valence electrons. The zero-order valence-electron chi connectivity index (χ0n) is 14.7. The lowest BCUT2D eigenvalue weighted by atomic mass is 10.1. The first-order valence-corrected chi connectivity index (χ1v) is 10.5. The number of carbonyl (C=O) groups excluding carboxylic acids is 1. The molecule has 0 unspecified atom stereocenters. The number of hydrogen-bond acceptors (Lipinski definition) is 3. The third-order valence-corrected chi connectivity index (χ3v) is 5.80. The summed E-state index contributed by atoms with van der Waals surface area (Å²) < 4.78 is 42.1. The van der Waals surface area contributed by atoms with E-state index in [1.807, 2.05) is 0 Å². The molecule has 0 heterocycles. The predicted molar refractivity (Wildman–Crippen MR) is 110 cm³/mol. The highest BCUT2D eigenvalue weighted by molar-refractivity contribution is 9.10. The molecule has 0 aliphatic rings. The molecule has 3 aromatic rings. The molecule has 0 fully saturated rings. The Kier molecular flexibility index (Phi) is 5.81. The first-order valence-electron chi connectivity index (χ1n) is 8.20. The van der Waals surface area contributed by atoms with E-state index in [0.717, 1.165) is 10.0 Å². The fourth-order valence-electron chi connectivity index (χ4n) is 2.47. The number of amides is 1. The minimum absolute atomic E-state index is 0.0523. The van der Waals surface area contributed by atoms with Gasteiger partial charge in [0.25, 0.3) is 15.9 Å². The summed E-state index contributed by atoms with van der Waals surface area (Å²) in [5, 5.41) is 2.49. The van der Waals surface area contributed by atoms with Crippen LogP contribution in [0.4, 0.5) is 15.8 Å². The lowest BCUT2D eigenvalue weighted by Gasteiger charge is -2.11. The fourth-order valence-corrected chi connectivity index (χ4v) is 3.78. The van der Waals surface area contributed by atoms with Gasteiger partial charge < -0.3 is 5.32 Å². The molecule has 0 saturated heterocycles. The van der Waals surface area contributed by atoms with Crippen LogP contribution in [-0.2, 0) is 10.0 Å². The molecular weight excluding hydrogens is 447 g/mol. The van der Waals surface area contributed by atoms with Gasteiger partial charge in [0.1, 0.15) is 5.82 Å². The first kappa shape index (κ1) is 20.0. The lowest BCUT2D eigenvalue weighted by molar-refractivity contribution is 0.102. The Hall–Kier alpha value is -2.71. The molecule has 0 bridgehead atoms. The summed E-state index contributed by atoms with van der Waals surface area (Å²) in [6.45, 7) is 1.75. The standard InChI is InChI=1S/C20H16BrFN2O3S/c1-13-5-10-19(18(22)11-13)23-20(25)14-3-2-4-16(12-14)24-28(26,27)17-8-6-15(21)7-9-17/h2-12,24H,1H3,(H,23,25). The first-order chi connectivity index (χ1) is 13.2. The van der Waals surface area contributed by atoms with Gasteiger partial charge in [-0.1, -0.05) is 28.1 Å². The third kappa shape index (κ3) is 4.76. The second kappa shape index (κ2) is 8.12. The monoisotopic (exact) mass is 462 g/mol. The highest BCUT2D eigenvalue weighted by Crippen LogP contribution is 2.21. The molecule has 0 spiro atoms. The smallest absolute Gasteiger partial charge is 0.261 e. The Morgan fingerprint density at radius 1 is 1.00 bits per heavy atom. The minimum atomic E-state index is -3.81. The van der Waals surface area contributed by atoms with Crippen molar-refractivity contribution in [3.63, 3.8) is 0 Å². The number of hydrogen-bond donors (Lipinski definition) is 2. The molecule has 0 radical (unpaired) electrons. The summed E-state index contributed by atoms with van der Waals surface area (Å²) in [4.78, 5) is 12.5. The maximum Gasteiger partial charge on any atom is 0.261 e. The van der Waals surface area contributed by atoms with Crippen molar-refractivity contribution in [3.05, 3.63) is 88.1 Å². The number of aryl methyl sites for hydroxylation is 1. The molecule has 8 heteroatoms. The predicted octanol–water partition coefficient (Wildman–Crippen LogP) is 4.95. The molecule has 0 aliphatic carbocycles. The third-order valence-electron chi connectivity index (χ3n) is 3.87. The van der Waals surface area contributed by atoms with Crippen molar-refractivity contribution in [1.82, 2.24) is 0 Å². The van der Waals surface area contributed by atoms with Crippen LogP contribution in [0, 0.1) is 12.7 Å². The highest BCUT2D eigenvalue weighted by Gasteiger charge is 2.15. The van der Waals surface area contributed by atoms with Gasteiger partial charge in [-0.2, -0.15) is 0 Å². The molecule has 1 amide bonds. The molecule has 0 aromatic heterocycles. The van der Waals surface area contributed by atoms with Crippen LogP contribution in [-0.4, -0.2) is 14.3 Å². The number of sulfonamides is 1. The zero-order valence-corrected chi connectivity index (χ0v) is 17.1. The molecule has 2 N–H and O–H groups in total. The van der Waals surface area contributed by atoms with Gasteiger partial charge in [-0.15, -0.1) is 0 Å². The van der Waals surface area contributed by atoms with Crippen LogP contribution in [0.3, 0.4) is 0 Å². The van der Waals surface area contributed by atoms with Gasteiger partial charge in [-0.25, -0.2) is 12.8 Å². The fraction of sp³-hybridized carbons (Fsp3) is 0.0500. The molecular formula is C20H16BrFN2O3S. The van der Waals surface area contributed by atoms with Gasteiger partial charge in [0.05, 0.1) is 10.6 Å². The summed E-state index contributed by atoms with van der Waals surface area (Å²) in [5.41, 5.74) is 1.20. The Labute approximate surface area is 170 Å². The number of benzene rings is 3. The van der Waals surface area contributed by atoms with Crippen molar-refractivity contribution in [3.8, 4) is 0 Å². The van der Waals surface area contributed by atoms with E-state index >= 15 is 0 Å². The van der Waals surface area contributed by atoms with Crippen LogP contribution in [0.5, 0.6) is 0 Å². The summed E-state index contributed by atoms with van der Waals surface area (Å²) in [6.07, 6.45) is 0. The molecule has 0 saturated carbocycles. The van der Waals surface area contributed by atoms with Gasteiger partial charge in [0, 0.05) is 15.7 Å². The highest BCUT2D eigenvalue weighted by atomic mass is 79.9. The molecule has 5 nitrogen and oxygen atoms in total. The molecule has 0 aliphatic heterocycles. The molecule has 3 rings (SSSR count). The Morgan fingerprint density at radius 3 is 2.39 bits per heavy atom. The van der Waals surface area contributed by atoms with Crippen LogP contribution in [0.25, 0.3) is 0 Å². The average molecular weight is 463 g/mol. The Bertz CT molecular complexity index is 1130. The van der Waals surface area contributed by atoms with Gasteiger partial charge in [0.15, 0.2) is 0 Å². The van der Waals surface area contributed by atoms with Crippen LogP contribution >= 0.6 is 15.9 Å². The van der Waals surface area contributed by atoms with Crippen molar-refractivity contribution in [2.24, 2.45) is 0 Å². The largest absolute Gasteiger partial charge is 0.319 e. The normalized spacial score (nSPS) is 11.1. The van der Waals surface area contributed by atoms with Gasteiger partial charge in [0.2, 0.25) is 0 Å². The van der Waals surface area contributed by atoms with Gasteiger partial charge in [-0.05, 0) is 67.1 Å². The van der Waals surface area contributed by atoms with E-state index < -0.39 is 21.7 Å². The van der Waals surface area contributed by atoms with Gasteiger partial charge in [-0.3, -0.25) is 9.52 Å². The van der Waals surface area contributed by atoms with Gasteiger partial charge >= 0.3 is 0 Å². The van der Waals surface area contributed by atoms with E-state index in [1.165, 1.54) is 42.5 Å². The number of halogens is 2. The minimum Gasteiger partial charge on any atom is -0.319 e. The second-order valence-corrected chi connectivity index (χ2v) is 8.68. The SMILES string of the molecule is Cc1ccc(NC(=O)c2cccc(NS(=O)(=O)c3ccc(Br)cc3)c2)c(F)c1. The maximum absolute atomic E-state index is 13.9. The molecule has 3 aromatic carbocycles. The van der Waals surface area contributed by atoms with Crippen LogP contribution < -0.4 is 10.0 Å². The number of nitrogens with one attached hydrogen (secondary N) is 2. The van der Waals surface area contributed by atoms with Crippen molar-refractivity contribution >= 4 is 43.2 Å². The van der Waals surface area contributed by atoms with Crippen molar-refractivity contribution < 1.29 is 17.6 Å². The van der Waals surface area contributed by atoms with Crippen molar-refractivity contribution in [2.75, 3.05) is 10.0 Å². The van der Waals surface area contributed by atoms with E-state index in [4.69, 9.17) is 0 Å². The Balaban J connectivity index is 1.79. The summed E-state index contributed by atoms with van der Waals surface area (Å²) in [6, 6.07) is 16.6. The zero-order chi connectivity index (χ0) is 20.3. The quantitative estimate of drug-likeness (QED) is 0.563. The Morgan fingerprint density at radius 2 is 1.71 bits per heavy atom. The van der Waals surface area contributed by atoms with E-state index in [1.54, 1.807) is 31.2 Å². The summed E-state index contributed by atoms with van der Waals surface area (Å²) in [5.74, 6) is -1.09. The second-order valence-electron chi connectivity index (χ2n) is 6.08. The van der Waals surface area contributed by atoms with E-state index in [9.17, 15) is 17.6 Å². The molecule has 0 atom stereocenters. The van der Waals surface area contributed by atoms with Crippen LogP contribution in [0.1, 0.15) is 15.9 Å². The van der Waals surface area contributed by atoms with E-state index in [-0.39, 0.29) is 21.8 Å². The average Bonchev–Trinajstić information content (AvgIpc) is 2.64. The summed E-state index contributed by atoms with van der Waals surface area (Å²) >= 11 is 3.25. The van der Waals surface area contributed by atoms with Crippen molar-refractivity contribution in [2.45, 2.75) is 11.8 Å². The lowest BCUT2D eigenvalue weighted by Crippen LogP contribution is -2.15. The van der Waals surface area contributed by atoms with Crippen LogP contribution in [0.2, 0.25) is 0 Å².